The van der Waals surface area contributed by atoms with Crippen molar-refractivity contribution in [3.63, 3.8) is 0 Å². The second kappa shape index (κ2) is 4.37. The summed E-state index contributed by atoms with van der Waals surface area (Å²) in [4.78, 5) is 2.05. The van der Waals surface area contributed by atoms with Crippen molar-refractivity contribution in [1.29, 1.82) is 0 Å². The molecule has 4 nitrogen and oxygen atoms in total. The Balaban J connectivity index is 2.69. The van der Waals surface area contributed by atoms with Crippen LogP contribution in [0.1, 0.15) is 27.2 Å². The van der Waals surface area contributed by atoms with Crippen molar-refractivity contribution in [3.8, 4) is 0 Å². The van der Waals surface area contributed by atoms with Gasteiger partial charge in [-0.15, -0.1) is 0 Å². The highest BCUT2D eigenvalue weighted by Crippen LogP contribution is 2.38. The fraction of sp³-hybridized carbons (Fsp3) is 1.00. The Morgan fingerprint density at radius 3 is 2.13 bits per heavy atom. The van der Waals surface area contributed by atoms with Crippen LogP contribution in [0.15, 0.2) is 0 Å². The van der Waals surface area contributed by atoms with Crippen molar-refractivity contribution < 1.29 is 15.3 Å². The average Bonchev–Trinajstić information content (AvgIpc) is 2.13. The van der Waals surface area contributed by atoms with Crippen molar-refractivity contribution in [2.24, 2.45) is 5.41 Å². The van der Waals surface area contributed by atoms with Crippen molar-refractivity contribution in [2.75, 3.05) is 26.3 Å². The van der Waals surface area contributed by atoms with Crippen LogP contribution >= 0.6 is 0 Å². The Morgan fingerprint density at radius 1 is 1.20 bits per heavy atom. The van der Waals surface area contributed by atoms with Crippen LogP contribution in [0.5, 0.6) is 0 Å². The molecule has 4 heteroatoms. The Hall–Kier alpha value is -0.160. The quantitative estimate of drug-likeness (QED) is 0.614. The molecule has 1 saturated heterocycles. The summed E-state index contributed by atoms with van der Waals surface area (Å²) >= 11 is 0. The maximum Gasteiger partial charge on any atom is 0.0694 e. The third kappa shape index (κ3) is 2.50. The number of likely N-dealkylation sites (tertiary alicyclic amines) is 1. The monoisotopic (exact) mass is 217 g/mol. The zero-order valence-corrected chi connectivity index (χ0v) is 9.90. The second-order valence-electron chi connectivity index (χ2n) is 5.40. The fourth-order valence-corrected chi connectivity index (χ4v) is 2.06. The van der Waals surface area contributed by atoms with E-state index in [9.17, 15) is 5.11 Å². The van der Waals surface area contributed by atoms with Crippen molar-refractivity contribution in [1.82, 2.24) is 4.90 Å². The molecule has 0 bridgehead atoms. The Morgan fingerprint density at radius 2 is 1.73 bits per heavy atom. The van der Waals surface area contributed by atoms with E-state index in [4.69, 9.17) is 10.2 Å². The first-order valence-corrected chi connectivity index (χ1v) is 5.52. The first kappa shape index (κ1) is 12.9. The van der Waals surface area contributed by atoms with E-state index in [1.807, 2.05) is 20.8 Å². The number of nitrogens with zero attached hydrogens (tertiary/aromatic N) is 1. The van der Waals surface area contributed by atoms with Gasteiger partial charge in [0.15, 0.2) is 0 Å². The molecule has 1 aliphatic heterocycles. The zero-order chi connectivity index (χ0) is 11.7. The molecule has 3 N–H and O–H groups in total. The molecule has 0 unspecified atom stereocenters. The van der Waals surface area contributed by atoms with E-state index < -0.39 is 5.60 Å². The second-order valence-corrected chi connectivity index (χ2v) is 5.40. The number of aliphatic hydroxyl groups is 3. The summed E-state index contributed by atoms with van der Waals surface area (Å²) in [6.45, 7) is 7.25. The van der Waals surface area contributed by atoms with Crippen LogP contribution in [0, 0.1) is 5.41 Å². The molecule has 0 aromatic heterocycles. The number of piperidine rings is 1. The molecule has 1 fully saturated rings. The van der Waals surface area contributed by atoms with Gasteiger partial charge in [-0.05, 0) is 13.3 Å². The van der Waals surface area contributed by atoms with E-state index in [0.717, 1.165) is 6.54 Å². The summed E-state index contributed by atoms with van der Waals surface area (Å²) < 4.78 is 0. The van der Waals surface area contributed by atoms with Gasteiger partial charge >= 0.3 is 0 Å². The fourth-order valence-electron chi connectivity index (χ4n) is 2.06. The SMILES string of the molecule is CC1(C)CN(C(CO)CO)CC[C@]1(C)O. The van der Waals surface area contributed by atoms with Gasteiger partial charge in [0.05, 0.1) is 24.9 Å². The van der Waals surface area contributed by atoms with Crippen LogP contribution in [0.3, 0.4) is 0 Å². The topological polar surface area (TPSA) is 63.9 Å². The lowest BCUT2D eigenvalue weighted by Gasteiger charge is -2.50. The summed E-state index contributed by atoms with van der Waals surface area (Å²) in [5.41, 5.74) is -0.882. The molecule has 0 saturated carbocycles. The molecule has 1 rings (SSSR count). The van der Waals surface area contributed by atoms with E-state index in [1.165, 1.54) is 0 Å². The number of aliphatic hydroxyl groups excluding tert-OH is 2. The molecule has 0 aromatic rings. The van der Waals surface area contributed by atoms with Gasteiger partial charge in [0.1, 0.15) is 0 Å². The molecule has 1 aliphatic rings. The maximum absolute atomic E-state index is 10.2. The van der Waals surface area contributed by atoms with Gasteiger partial charge in [0.25, 0.3) is 0 Å². The third-order valence-corrected chi connectivity index (χ3v) is 3.88. The van der Waals surface area contributed by atoms with Gasteiger partial charge in [-0.1, -0.05) is 13.8 Å². The van der Waals surface area contributed by atoms with E-state index in [0.29, 0.717) is 13.0 Å². The summed E-state index contributed by atoms with van der Waals surface area (Å²) in [6, 6.07) is -0.194. The molecule has 15 heavy (non-hydrogen) atoms. The smallest absolute Gasteiger partial charge is 0.0694 e. The summed E-state index contributed by atoms with van der Waals surface area (Å²) in [6.07, 6.45) is 0.677. The largest absolute Gasteiger partial charge is 0.395 e. The number of hydrogen-bond donors (Lipinski definition) is 3. The Labute approximate surface area is 91.5 Å². The molecular weight excluding hydrogens is 194 g/mol. The molecule has 0 spiro atoms. The highest BCUT2D eigenvalue weighted by atomic mass is 16.3. The minimum atomic E-state index is -0.668. The van der Waals surface area contributed by atoms with Crippen LogP contribution in [0.2, 0.25) is 0 Å². The lowest BCUT2D eigenvalue weighted by molar-refractivity contribution is -0.119. The normalized spacial score (nSPS) is 32.2. The molecule has 0 aromatic carbocycles. The third-order valence-electron chi connectivity index (χ3n) is 3.88. The van der Waals surface area contributed by atoms with E-state index in [-0.39, 0.29) is 24.7 Å². The van der Waals surface area contributed by atoms with Crippen LogP contribution < -0.4 is 0 Å². The van der Waals surface area contributed by atoms with Gasteiger partial charge < -0.3 is 15.3 Å². The van der Waals surface area contributed by atoms with Gasteiger partial charge in [-0.2, -0.15) is 0 Å². The lowest BCUT2D eigenvalue weighted by atomic mass is 9.71. The van der Waals surface area contributed by atoms with E-state index >= 15 is 0 Å². The zero-order valence-electron chi connectivity index (χ0n) is 9.90. The maximum atomic E-state index is 10.2. The highest BCUT2D eigenvalue weighted by Gasteiger charge is 2.45. The first-order valence-electron chi connectivity index (χ1n) is 5.52. The minimum Gasteiger partial charge on any atom is -0.395 e. The molecule has 0 aliphatic carbocycles. The number of hydrogen-bond acceptors (Lipinski definition) is 4. The lowest BCUT2D eigenvalue weighted by Crippen LogP contribution is -2.59. The van der Waals surface area contributed by atoms with Crippen LogP contribution in [-0.2, 0) is 0 Å². The molecule has 0 radical (unpaired) electrons. The summed E-state index contributed by atoms with van der Waals surface area (Å²) in [5.74, 6) is 0. The van der Waals surface area contributed by atoms with E-state index in [1.54, 1.807) is 0 Å². The van der Waals surface area contributed by atoms with Gasteiger partial charge in [-0.3, -0.25) is 4.90 Å². The summed E-state index contributed by atoms with van der Waals surface area (Å²) in [7, 11) is 0. The molecule has 1 heterocycles. The molecule has 0 amide bonds. The van der Waals surface area contributed by atoms with Crippen LogP contribution in [0.4, 0.5) is 0 Å². The van der Waals surface area contributed by atoms with Crippen LogP contribution in [-0.4, -0.2) is 58.2 Å². The highest BCUT2D eigenvalue weighted by molar-refractivity contribution is 4.97. The average molecular weight is 217 g/mol. The van der Waals surface area contributed by atoms with Crippen molar-refractivity contribution in [3.05, 3.63) is 0 Å². The van der Waals surface area contributed by atoms with Gasteiger partial charge in [0, 0.05) is 18.5 Å². The van der Waals surface area contributed by atoms with Crippen LogP contribution in [0.25, 0.3) is 0 Å². The van der Waals surface area contributed by atoms with Gasteiger partial charge in [-0.25, -0.2) is 0 Å². The molecule has 90 valence electrons. The Bertz CT molecular complexity index is 212. The van der Waals surface area contributed by atoms with Crippen molar-refractivity contribution >= 4 is 0 Å². The first-order chi connectivity index (χ1) is 6.84. The predicted octanol–water partition coefficient (Wildman–Crippen LogP) is -0.178. The standard InChI is InChI=1S/C11H23NO3/c1-10(2)8-12(9(6-13)7-14)5-4-11(10,3)15/h9,13-15H,4-8H2,1-3H3/t11-/m0/s1. The van der Waals surface area contributed by atoms with Crippen molar-refractivity contribution in [2.45, 2.75) is 38.8 Å². The van der Waals surface area contributed by atoms with E-state index in [2.05, 4.69) is 4.90 Å². The Kier molecular flexibility index (Phi) is 3.76. The minimum absolute atomic E-state index is 0.0330. The van der Waals surface area contributed by atoms with Gasteiger partial charge in [0.2, 0.25) is 0 Å². The molecule has 1 atom stereocenters. The summed E-state index contributed by atoms with van der Waals surface area (Å²) in [5, 5.41) is 28.4. The predicted molar refractivity (Wildman–Crippen MR) is 58.6 cm³/mol. The number of rotatable bonds is 3. The molecular formula is C11H23NO3.